The van der Waals surface area contributed by atoms with Crippen LogP contribution in [-0.2, 0) is 7.05 Å². The molecular weight excluding hydrogens is 306 g/mol. The summed E-state index contributed by atoms with van der Waals surface area (Å²) in [4.78, 5) is 35.9. The van der Waals surface area contributed by atoms with E-state index >= 15 is 0 Å². The van der Waals surface area contributed by atoms with Crippen LogP contribution in [0.15, 0.2) is 47.8 Å². The minimum atomic E-state index is -0.202. The van der Waals surface area contributed by atoms with Crippen LogP contribution in [0, 0.1) is 6.92 Å². The average Bonchev–Trinajstić information content (AvgIpc) is 2.58. The zero-order valence-electron chi connectivity index (χ0n) is 13.2. The Morgan fingerprint density at radius 3 is 2.83 bits per heavy atom. The monoisotopic (exact) mass is 321 g/mol. The van der Waals surface area contributed by atoms with Crippen molar-refractivity contribution in [3.63, 3.8) is 0 Å². The highest BCUT2D eigenvalue weighted by atomic mass is 16.1. The van der Waals surface area contributed by atoms with E-state index in [1.807, 2.05) is 0 Å². The normalized spacial score (nSPS) is 10.4. The van der Waals surface area contributed by atoms with Gasteiger partial charge in [-0.15, -0.1) is 0 Å². The fraction of sp³-hybridized carbons (Fsp3) is 0.118. The molecule has 120 valence electrons. The van der Waals surface area contributed by atoms with E-state index in [-0.39, 0.29) is 5.56 Å². The van der Waals surface area contributed by atoms with E-state index in [0.29, 0.717) is 34.0 Å². The summed E-state index contributed by atoms with van der Waals surface area (Å²) in [5.41, 5.74) is 2.03. The molecule has 0 bridgehead atoms. The molecule has 3 aromatic heterocycles. The summed E-state index contributed by atoms with van der Waals surface area (Å²) in [5, 5.41) is 3.01. The Bertz CT molecular complexity index is 965. The second-order valence-corrected chi connectivity index (χ2v) is 5.25. The van der Waals surface area contributed by atoms with Crippen LogP contribution >= 0.6 is 0 Å². The smallest absolute Gasteiger partial charge is 0.274 e. The summed E-state index contributed by atoms with van der Waals surface area (Å²) in [7, 11) is 1.65. The van der Waals surface area contributed by atoms with Gasteiger partial charge in [0, 0.05) is 48.5 Å². The number of rotatable bonds is 4. The van der Waals surface area contributed by atoms with Crippen LogP contribution in [0.3, 0.4) is 0 Å². The molecule has 0 radical (unpaired) electrons. The van der Waals surface area contributed by atoms with Crippen LogP contribution < -0.4 is 10.9 Å². The third-order valence-corrected chi connectivity index (χ3v) is 3.51. The molecule has 0 aliphatic rings. The van der Waals surface area contributed by atoms with Crippen molar-refractivity contribution in [2.75, 3.05) is 5.32 Å². The standard InChI is InChI=1S/C17H15N5O2/c1-11-19-6-4-16(20-11)21-15-7-13(9-22(2)17(15)24)14-8-18-5-3-12(14)10-23/h3-10H,1-2H3,(H,19,20,21). The van der Waals surface area contributed by atoms with Gasteiger partial charge in [-0.1, -0.05) is 0 Å². The van der Waals surface area contributed by atoms with Crippen molar-refractivity contribution in [1.82, 2.24) is 19.5 Å². The van der Waals surface area contributed by atoms with Crippen LogP contribution in [0.25, 0.3) is 11.1 Å². The summed E-state index contributed by atoms with van der Waals surface area (Å²) < 4.78 is 1.45. The first-order valence-corrected chi connectivity index (χ1v) is 7.25. The Hall–Kier alpha value is -3.35. The first kappa shape index (κ1) is 15.5. The van der Waals surface area contributed by atoms with Gasteiger partial charge < -0.3 is 9.88 Å². The van der Waals surface area contributed by atoms with Crippen LogP contribution in [0.5, 0.6) is 0 Å². The molecule has 0 aliphatic carbocycles. The van der Waals surface area contributed by atoms with E-state index in [9.17, 15) is 9.59 Å². The van der Waals surface area contributed by atoms with Crippen molar-refractivity contribution in [2.24, 2.45) is 7.05 Å². The van der Waals surface area contributed by atoms with Gasteiger partial charge in [0.25, 0.3) is 5.56 Å². The first-order chi connectivity index (χ1) is 11.6. The number of carbonyl (C=O) groups excluding carboxylic acids is 1. The average molecular weight is 321 g/mol. The van der Waals surface area contributed by atoms with Crippen LogP contribution in [-0.4, -0.2) is 25.8 Å². The number of anilines is 2. The zero-order chi connectivity index (χ0) is 17.1. The van der Waals surface area contributed by atoms with Gasteiger partial charge in [-0.25, -0.2) is 9.97 Å². The summed E-state index contributed by atoms with van der Waals surface area (Å²) in [5.74, 6) is 1.13. The maximum atomic E-state index is 12.4. The number of aromatic nitrogens is 4. The van der Waals surface area contributed by atoms with E-state index in [4.69, 9.17) is 0 Å². The molecule has 0 fully saturated rings. The van der Waals surface area contributed by atoms with Crippen LogP contribution in [0.4, 0.5) is 11.5 Å². The van der Waals surface area contributed by atoms with Gasteiger partial charge in [-0.2, -0.15) is 0 Å². The lowest BCUT2D eigenvalue weighted by molar-refractivity contribution is 0.112. The third-order valence-electron chi connectivity index (χ3n) is 3.51. The number of aryl methyl sites for hydroxylation is 2. The maximum absolute atomic E-state index is 12.4. The first-order valence-electron chi connectivity index (χ1n) is 7.25. The molecule has 0 saturated carbocycles. The summed E-state index contributed by atoms with van der Waals surface area (Å²) >= 11 is 0. The Balaban J connectivity index is 2.09. The molecule has 0 amide bonds. The number of hydrogen-bond donors (Lipinski definition) is 1. The Morgan fingerprint density at radius 1 is 1.25 bits per heavy atom. The number of hydrogen-bond acceptors (Lipinski definition) is 6. The Labute approximate surface area is 138 Å². The van der Waals surface area contributed by atoms with Crippen molar-refractivity contribution in [3.05, 3.63) is 64.7 Å². The lowest BCUT2D eigenvalue weighted by atomic mass is 10.0. The van der Waals surface area contributed by atoms with Crippen molar-refractivity contribution < 1.29 is 4.79 Å². The minimum Gasteiger partial charge on any atom is -0.336 e. The predicted octanol–water partition coefficient (Wildman–Crippen LogP) is 2.10. The fourth-order valence-corrected chi connectivity index (χ4v) is 2.36. The van der Waals surface area contributed by atoms with Crippen molar-refractivity contribution in [3.8, 4) is 11.1 Å². The fourth-order valence-electron chi connectivity index (χ4n) is 2.36. The SMILES string of the molecule is Cc1nccc(Nc2cc(-c3cnccc3C=O)cn(C)c2=O)n1. The van der Waals surface area contributed by atoms with Gasteiger partial charge in [0.2, 0.25) is 0 Å². The molecule has 0 spiro atoms. The summed E-state index contributed by atoms with van der Waals surface area (Å²) in [6, 6.07) is 5.00. The lowest BCUT2D eigenvalue weighted by Gasteiger charge is -2.11. The molecule has 0 aliphatic heterocycles. The number of nitrogens with zero attached hydrogens (tertiary/aromatic N) is 4. The van der Waals surface area contributed by atoms with Gasteiger partial charge in [0.1, 0.15) is 17.3 Å². The Kier molecular flexibility index (Phi) is 4.15. The lowest BCUT2D eigenvalue weighted by Crippen LogP contribution is -2.20. The van der Waals surface area contributed by atoms with Crippen molar-refractivity contribution in [2.45, 2.75) is 6.92 Å². The molecule has 3 rings (SSSR count). The molecular formula is C17H15N5O2. The van der Waals surface area contributed by atoms with Crippen LogP contribution in [0.2, 0.25) is 0 Å². The minimum absolute atomic E-state index is 0.202. The molecule has 7 nitrogen and oxygen atoms in total. The molecule has 0 saturated heterocycles. The second-order valence-electron chi connectivity index (χ2n) is 5.25. The quantitative estimate of drug-likeness (QED) is 0.740. The number of carbonyl (C=O) groups is 1. The highest BCUT2D eigenvalue weighted by Crippen LogP contribution is 2.23. The van der Waals surface area contributed by atoms with Gasteiger partial charge in [-0.05, 0) is 25.1 Å². The third kappa shape index (κ3) is 3.05. The van der Waals surface area contributed by atoms with E-state index in [1.54, 1.807) is 57.0 Å². The highest BCUT2D eigenvalue weighted by molar-refractivity contribution is 5.87. The molecule has 3 heterocycles. The molecule has 0 unspecified atom stereocenters. The van der Waals surface area contributed by atoms with Gasteiger partial charge in [-0.3, -0.25) is 14.6 Å². The number of pyridine rings is 2. The van der Waals surface area contributed by atoms with Crippen LogP contribution in [0.1, 0.15) is 16.2 Å². The van der Waals surface area contributed by atoms with Crippen molar-refractivity contribution in [1.29, 1.82) is 0 Å². The number of nitrogens with one attached hydrogen (secondary N) is 1. The summed E-state index contributed by atoms with van der Waals surface area (Å²) in [6.07, 6.45) is 7.20. The van der Waals surface area contributed by atoms with Crippen molar-refractivity contribution >= 4 is 17.8 Å². The van der Waals surface area contributed by atoms with Gasteiger partial charge in [0.15, 0.2) is 6.29 Å². The van der Waals surface area contributed by atoms with E-state index < -0.39 is 0 Å². The molecule has 7 heteroatoms. The zero-order valence-corrected chi connectivity index (χ0v) is 13.2. The van der Waals surface area contributed by atoms with E-state index in [1.165, 1.54) is 4.57 Å². The second kappa shape index (κ2) is 6.41. The van der Waals surface area contributed by atoms with Gasteiger partial charge in [0.05, 0.1) is 0 Å². The molecule has 0 atom stereocenters. The molecule has 3 aromatic rings. The topological polar surface area (TPSA) is 89.8 Å². The molecule has 1 N–H and O–H groups in total. The summed E-state index contributed by atoms with van der Waals surface area (Å²) in [6.45, 7) is 1.77. The van der Waals surface area contributed by atoms with Gasteiger partial charge >= 0.3 is 0 Å². The van der Waals surface area contributed by atoms with E-state index in [2.05, 4.69) is 20.3 Å². The molecule has 24 heavy (non-hydrogen) atoms. The number of aldehydes is 1. The maximum Gasteiger partial charge on any atom is 0.274 e. The highest BCUT2D eigenvalue weighted by Gasteiger charge is 2.10. The Morgan fingerprint density at radius 2 is 2.08 bits per heavy atom. The molecule has 0 aromatic carbocycles. The van der Waals surface area contributed by atoms with E-state index in [0.717, 1.165) is 6.29 Å². The predicted molar refractivity (Wildman–Crippen MR) is 90.4 cm³/mol. The largest absolute Gasteiger partial charge is 0.336 e.